The molecule has 0 fully saturated rings. The van der Waals surface area contributed by atoms with E-state index >= 15 is 0 Å². The molecule has 0 saturated carbocycles. The summed E-state index contributed by atoms with van der Waals surface area (Å²) in [6.07, 6.45) is 0. The van der Waals surface area contributed by atoms with Crippen molar-refractivity contribution in [3.05, 3.63) is 0 Å². The Morgan fingerprint density at radius 3 is 0.0233 bits per heavy atom. The molecule has 0 atom stereocenters. The molecular formula is K43+43. The van der Waals surface area contributed by atoms with Gasteiger partial charge in [-0.1, -0.05) is 0 Å². The zero-order valence-corrected chi connectivity index (χ0v) is 177. The molecule has 0 radical (unpaired) electrons. The van der Waals surface area contributed by atoms with E-state index < -0.39 is 0 Å². The fourth-order valence-electron chi connectivity index (χ4n) is 0. The Bertz CT molecular complexity index is 0. The summed E-state index contributed by atoms with van der Waals surface area (Å²) in [5, 5.41) is 0. The molecule has 0 aliphatic rings. The van der Waals surface area contributed by atoms with Crippen LogP contribution in [0.25, 0.3) is 0 Å². The van der Waals surface area contributed by atoms with Gasteiger partial charge in [0.25, 0.3) is 0 Å². The van der Waals surface area contributed by atoms with E-state index in [2.05, 4.69) is 0 Å². The number of hydrogen-bond acceptors (Lipinski definition) is 0. The van der Waals surface area contributed by atoms with E-state index in [0.717, 1.165) is 0 Å². The van der Waals surface area contributed by atoms with Crippen molar-refractivity contribution < 1.29 is 2210 Å². The fraction of sp³-hybridized carbons (Fsp3) is 0. The van der Waals surface area contributed by atoms with Crippen LogP contribution >= 0.6 is 0 Å². The van der Waals surface area contributed by atoms with Gasteiger partial charge in [0.05, 0.1) is 0 Å². The standard InChI is InChI=1S/43K/q43*+1. The van der Waals surface area contributed by atoms with Crippen molar-refractivity contribution >= 4 is 0 Å². The Morgan fingerprint density at radius 1 is 0.0233 bits per heavy atom. The van der Waals surface area contributed by atoms with Gasteiger partial charge in [0.2, 0.25) is 0 Å². The quantitative estimate of drug-likeness (QED) is 0.212. The van der Waals surface area contributed by atoms with Gasteiger partial charge < -0.3 is 0 Å². The average Bonchev–Trinajstić information content (AvgIpc) is 0. The van der Waals surface area contributed by atoms with Crippen molar-refractivity contribution in [2.75, 3.05) is 0 Å². The van der Waals surface area contributed by atoms with Gasteiger partial charge in [-0.3, -0.25) is 0 Å². The molecular weight excluding hydrogens is 1680 g/mol. The molecule has 0 unspecified atom stereocenters. The van der Waals surface area contributed by atoms with Crippen LogP contribution in [0.15, 0.2) is 0 Å². The minimum absolute atomic E-state index is 0. The van der Waals surface area contributed by atoms with Gasteiger partial charge in [0.1, 0.15) is 0 Å². The molecule has 0 valence electrons. The molecule has 0 rings (SSSR count). The minimum atomic E-state index is 0. The molecule has 0 heterocycles. The normalized spacial score (nSPS) is 0. The maximum Gasteiger partial charge on any atom is 1.00 e. The van der Waals surface area contributed by atoms with E-state index in [4.69, 9.17) is 0 Å². The predicted octanol–water partition coefficient (Wildman–Crippen LogP) is -129. The summed E-state index contributed by atoms with van der Waals surface area (Å²) in [6, 6.07) is 0. The molecule has 0 saturated heterocycles. The van der Waals surface area contributed by atoms with Crippen LogP contribution in [0.4, 0.5) is 0 Å². The van der Waals surface area contributed by atoms with E-state index in [1.54, 1.807) is 0 Å². The minimum Gasteiger partial charge on any atom is 1.00 e. The van der Waals surface area contributed by atoms with Crippen molar-refractivity contribution in [2.45, 2.75) is 0 Å². The first-order valence-electron chi connectivity index (χ1n) is 0. The smallest absolute Gasteiger partial charge is 1.00 e. The summed E-state index contributed by atoms with van der Waals surface area (Å²) in [5.74, 6) is 0. The monoisotopic (exact) mass is 1680 g/mol. The van der Waals surface area contributed by atoms with Gasteiger partial charge in [-0.15, -0.1) is 0 Å². The van der Waals surface area contributed by atoms with Crippen LogP contribution in [0.3, 0.4) is 0 Å². The molecule has 0 aromatic carbocycles. The summed E-state index contributed by atoms with van der Waals surface area (Å²) >= 11 is 0. The van der Waals surface area contributed by atoms with Gasteiger partial charge in [-0.25, -0.2) is 0 Å². The molecule has 0 aliphatic heterocycles. The Morgan fingerprint density at radius 2 is 0.0233 bits per heavy atom. The van der Waals surface area contributed by atoms with E-state index in [-0.39, 0.29) is 2210 Å². The predicted molar refractivity (Wildman–Crippen MR) is 0 cm³/mol. The second-order valence-corrected chi connectivity index (χ2v) is 0. The summed E-state index contributed by atoms with van der Waals surface area (Å²) in [4.78, 5) is 0. The maximum absolute atomic E-state index is 0. The second-order valence-electron chi connectivity index (χ2n) is 0. The summed E-state index contributed by atoms with van der Waals surface area (Å²) in [6.45, 7) is 0. The van der Waals surface area contributed by atoms with E-state index in [0.29, 0.717) is 0 Å². The maximum atomic E-state index is 0. The Hall–Kier alpha value is 70.4. The van der Waals surface area contributed by atoms with Crippen molar-refractivity contribution in [3.63, 3.8) is 0 Å². The Labute approximate surface area is 2110 Å². The van der Waals surface area contributed by atoms with Crippen LogP contribution in [0.5, 0.6) is 0 Å². The largest absolute Gasteiger partial charge is 1.00 e. The molecule has 0 spiro atoms. The first-order valence-corrected chi connectivity index (χ1v) is 0. The van der Waals surface area contributed by atoms with Crippen LogP contribution in [0.2, 0.25) is 0 Å². The van der Waals surface area contributed by atoms with Gasteiger partial charge in [0.15, 0.2) is 0 Å². The third kappa shape index (κ3) is 276. The average molecular weight is 1680 g/mol. The van der Waals surface area contributed by atoms with Crippen molar-refractivity contribution in [1.82, 2.24) is 0 Å². The van der Waals surface area contributed by atoms with Crippen LogP contribution in [0, 0.1) is 0 Å². The van der Waals surface area contributed by atoms with Crippen LogP contribution in [-0.4, -0.2) is 0 Å². The van der Waals surface area contributed by atoms with Crippen LogP contribution in [0.1, 0.15) is 0 Å². The molecule has 0 aromatic rings. The Balaban J connectivity index is 0. The van der Waals surface area contributed by atoms with E-state index in [9.17, 15) is 0 Å². The van der Waals surface area contributed by atoms with Crippen molar-refractivity contribution in [3.8, 4) is 0 Å². The topological polar surface area (TPSA) is 0 Å². The molecule has 43 heteroatoms. The van der Waals surface area contributed by atoms with Gasteiger partial charge >= 0.3 is 2210 Å². The third-order valence-corrected chi connectivity index (χ3v) is 0. The number of hydrogen-bond donors (Lipinski definition) is 0. The van der Waals surface area contributed by atoms with E-state index in [1.807, 2.05) is 0 Å². The Kier molecular flexibility index (Phi) is 1890. The second kappa shape index (κ2) is 281. The van der Waals surface area contributed by atoms with E-state index in [1.165, 1.54) is 0 Å². The molecule has 0 aliphatic carbocycles. The SMILES string of the molecule is [K+].[K+].[K+].[K+].[K+].[K+].[K+].[K+].[K+].[K+].[K+].[K+].[K+].[K+].[K+].[K+].[K+].[K+].[K+].[K+].[K+].[K+].[K+].[K+].[K+].[K+].[K+].[K+].[K+].[K+].[K+].[K+].[K+].[K+].[K+].[K+].[K+].[K+].[K+].[K+].[K+].[K+].[K+]. The molecule has 0 amide bonds. The molecule has 43 heavy (non-hydrogen) atoms. The molecule has 0 N–H and O–H groups in total. The van der Waals surface area contributed by atoms with Crippen molar-refractivity contribution in [2.24, 2.45) is 0 Å². The van der Waals surface area contributed by atoms with Gasteiger partial charge in [-0.05, 0) is 0 Å². The van der Waals surface area contributed by atoms with Gasteiger partial charge in [-0.2, -0.15) is 0 Å². The molecule has 0 bridgehead atoms. The fourth-order valence-corrected chi connectivity index (χ4v) is 0. The first-order chi connectivity index (χ1) is 0. The summed E-state index contributed by atoms with van der Waals surface area (Å²) < 4.78 is 0. The third-order valence-electron chi connectivity index (χ3n) is 0. The summed E-state index contributed by atoms with van der Waals surface area (Å²) in [7, 11) is 0. The van der Waals surface area contributed by atoms with Crippen molar-refractivity contribution in [1.29, 1.82) is 0 Å². The van der Waals surface area contributed by atoms with Crippen LogP contribution < -0.4 is 2210 Å². The van der Waals surface area contributed by atoms with Crippen LogP contribution in [-0.2, 0) is 0 Å². The zero-order chi connectivity index (χ0) is 0. The molecule has 0 aromatic heterocycles. The number of rotatable bonds is 0. The zero-order valence-electron chi connectivity index (χ0n) is 43.0. The summed E-state index contributed by atoms with van der Waals surface area (Å²) in [5.41, 5.74) is 0. The van der Waals surface area contributed by atoms with Gasteiger partial charge in [0, 0.05) is 0 Å². The molecule has 0 nitrogen and oxygen atoms in total. The first kappa shape index (κ1) is 289.